The van der Waals surface area contributed by atoms with Gasteiger partial charge in [0.1, 0.15) is 0 Å². The largest absolute Gasteiger partial charge is 0.478 e. The van der Waals surface area contributed by atoms with Crippen LogP contribution in [0.1, 0.15) is 23.6 Å². The summed E-state index contributed by atoms with van der Waals surface area (Å²) in [4.78, 5) is 10.5. The molecule has 0 unspecified atom stereocenters. The molecule has 0 bridgehead atoms. The highest BCUT2D eigenvalue weighted by Crippen LogP contribution is 2.17. The Bertz CT molecular complexity index is 369. The minimum Gasteiger partial charge on any atom is -0.478 e. The Kier molecular flexibility index (Phi) is 3.07. The summed E-state index contributed by atoms with van der Waals surface area (Å²) in [5, 5.41) is 8.61. The lowest BCUT2D eigenvalue weighted by Gasteiger charge is -2.04. The third-order valence-electron chi connectivity index (χ3n) is 2.02. The zero-order valence-electron chi connectivity index (χ0n) is 8.66. The fourth-order valence-corrected chi connectivity index (χ4v) is 1.47. The number of hydrogen-bond donors (Lipinski definition) is 1. The highest BCUT2D eigenvalue weighted by Gasteiger charge is 2.00. The summed E-state index contributed by atoms with van der Waals surface area (Å²) in [7, 11) is 0. The van der Waals surface area contributed by atoms with Gasteiger partial charge < -0.3 is 5.11 Å². The third-order valence-corrected chi connectivity index (χ3v) is 2.02. The second kappa shape index (κ2) is 4.09. The quantitative estimate of drug-likeness (QED) is 0.728. The molecule has 74 valence electrons. The van der Waals surface area contributed by atoms with Gasteiger partial charge in [0.2, 0.25) is 0 Å². The molecular weight excluding hydrogens is 176 g/mol. The topological polar surface area (TPSA) is 37.3 Å². The van der Waals surface area contributed by atoms with Crippen LogP contribution in [0.4, 0.5) is 0 Å². The van der Waals surface area contributed by atoms with E-state index in [0.717, 1.165) is 22.3 Å². The van der Waals surface area contributed by atoms with Gasteiger partial charge in [-0.05, 0) is 31.9 Å². The van der Waals surface area contributed by atoms with E-state index in [1.165, 1.54) is 6.08 Å². The first-order valence-corrected chi connectivity index (χ1v) is 4.49. The molecule has 0 atom stereocenters. The van der Waals surface area contributed by atoms with Crippen molar-refractivity contribution in [3.05, 3.63) is 41.0 Å². The van der Waals surface area contributed by atoms with Gasteiger partial charge in [-0.3, -0.25) is 0 Å². The highest BCUT2D eigenvalue weighted by molar-refractivity contribution is 5.89. The fraction of sp³-hybridized carbons (Fsp3) is 0.250. The van der Waals surface area contributed by atoms with Gasteiger partial charge in [-0.2, -0.15) is 0 Å². The second-order valence-corrected chi connectivity index (χ2v) is 3.54. The Morgan fingerprint density at radius 1 is 1.21 bits per heavy atom. The van der Waals surface area contributed by atoms with Crippen LogP contribution >= 0.6 is 0 Å². The van der Waals surface area contributed by atoms with Gasteiger partial charge in [0, 0.05) is 6.08 Å². The number of aliphatic carboxylic acids is 1. The Morgan fingerprint density at radius 2 is 1.71 bits per heavy atom. The molecule has 0 aliphatic rings. The molecule has 1 N–H and O–H groups in total. The van der Waals surface area contributed by atoms with Gasteiger partial charge in [-0.1, -0.05) is 29.3 Å². The fourth-order valence-electron chi connectivity index (χ4n) is 1.47. The molecule has 0 aromatic heterocycles. The maximum atomic E-state index is 10.5. The molecule has 0 aliphatic carbocycles. The number of aryl methyl sites for hydroxylation is 2. The van der Waals surface area contributed by atoms with Crippen LogP contribution in [-0.2, 0) is 4.79 Å². The van der Waals surface area contributed by atoms with Crippen molar-refractivity contribution in [3.63, 3.8) is 0 Å². The van der Waals surface area contributed by atoms with Crippen LogP contribution in [0.3, 0.4) is 0 Å². The lowest BCUT2D eigenvalue weighted by Crippen LogP contribution is -1.91. The third kappa shape index (κ3) is 2.73. The maximum Gasteiger partial charge on any atom is 0.328 e. The molecule has 0 saturated heterocycles. The number of hydrogen-bond acceptors (Lipinski definition) is 1. The Labute approximate surface area is 83.9 Å². The number of carboxylic acid groups (broad SMARTS) is 1. The van der Waals surface area contributed by atoms with Crippen LogP contribution < -0.4 is 0 Å². The molecule has 0 saturated carbocycles. The van der Waals surface area contributed by atoms with E-state index in [4.69, 9.17) is 5.11 Å². The normalized spacial score (nSPS) is 11.5. The lowest BCUT2D eigenvalue weighted by molar-refractivity contribution is -0.131. The van der Waals surface area contributed by atoms with E-state index in [-0.39, 0.29) is 0 Å². The smallest absolute Gasteiger partial charge is 0.328 e. The van der Waals surface area contributed by atoms with Crippen molar-refractivity contribution in [1.82, 2.24) is 0 Å². The number of carbonyl (C=O) groups is 1. The number of benzene rings is 1. The van der Waals surface area contributed by atoms with E-state index < -0.39 is 5.97 Å². The summed E-state index contributed by atoms with van der Waals surface area (Å²) >= 11 is 0. The molecule has 14 heavy (non-hydrogen) atoms. The van der Waals surface area contributed by atoms with Crippen molar-refractivity contribution in [1.29, 1.82) is 0 Å². The summed E-state index contributed by atoms with van der Waals surface area (Å²) < 4.78 is 0. The van der Waals surface area contributed by atoms with Crippen molar-refractivity contribution in [2.45, 2.75) is 20.8 Å². The Hall–Kier alpha value is -1.57. The van der Waals surface area contributed by atoms with Gasteiger partial charge in [0.15, 0.2) is 0 Å². The van der Waals surface area contributed by atoms with Crippen LogP contribution in [0.15, 0.2) is 24.3 Å². The average Bonchev–Trinajstić information content (AvgIpc) is 2.00. The molecule has 0 amide bonds. The maximum absolute atomic E-state index is 10.5. The summed E-state index contributed by atoms with van der Waals surface area (Å²) in [5.41, 5.74) is 4.06. The number of allylic oxidation sites excluding steroid dienone is 1. The van der Waals surface area contributed by atoms with Gasteiger partial charge in [-0.25, -0.2) is 4.79 Å². The minimum atomic E-state index is -0.901. The standard InChI is InChI=1S/C12H14O2/c1-8-4-9(2)6-11(5-8)10(3)7-12(13)14/h4-7H,1-3H3,(H,13,14)/b10-7+. The molecule has 1 aromatic carbocycles. The number of rotatable bonds is 2. The van der Waals surface area contributed by atoms with Crippen LogP contribution in [0.2, 0.25) is 0 Å². The minimum absolute atomic E-state index is 0.782. The zero-order valence-corrected chi connectivity index (χ0v) is 8.66. The molecule has 0 aliphatic heterocycles. The van der Waals surface area contributed by atoms with Crippen LogP contribution in [0.25, 0.3) is 5.57 Å². The SMILES string of the molecule is C/C(=C\C(=O)O)c1cc(C)cc(C)c1. The van der Waals surface area contributed by atoms with E-state index in [1.807, 2.05) is 32.9 Å². The first kappa shape index (κ1) is 10.5. The van der Waals surface area contributed by atoms with Crippen LogP contribution in [0, 0.1) is 13.8 Å². The van der Waals surface area contributed by atoms with Crippen molar-refractivity contribution in [2.24, 2.45) is 0 Å². The first-order valence-electron chi connectivity index (χ1n) is 4.49. The molecule has 0 fully saturated rings. The molecule has 1 aromatic rings. The monoisotopic (exact) mass is 190 g/mol. The average molecular weight is 190 g/mol. The van der Waals surface area contributed by atoms with Crippen LogP contribution in [-0.4, -0.2) is 11.1 Å². The van der Waals surface area contributed by atoms with Gasteiger partial charge in [-0.15, -0.1) is 0 Å². The van der Waals surface area contributed by atoms with Gasteiger partial charge in [0.05, 0.1) is 0 Å². The predicted molar refractivity (Wildman–Crippen MR) is 57.2 cm³/mol. The molecule has 2 nitrogen and oxygen atoms in total. The van der Waals surface area contributed by atoms with E-state index >= 15 is 0 Å². The Morgan fingerprint density at radius 3 is 2.14 bits per heavy atom. The summed E-state index contributed by atoms with van der Waals surface area (Å²) in [6.07, 6.45) is 1.23. The Balaban J connectivity index is 3.13. The van der Waals surface area contributed by atoms with E-state index in [0.29, 0.717) is 0 Å². The van der Waals surface area contributed by atoms with E-state index in [1.54, 1.807) is 0 Å². The predicted octanol–water partition coefficient (Wildman–Crippen LogP) is 2.79. The molecule has 0 heterocycles. The first-order chi connectivity index (χ1) is 6.49. The zero-order chi connectivity index (χ0) is 10.7. The van der Waals surface area contributed by atoms with Gasteiger partial charge in [0.25, 0.3) is 0 Å². The summed E-state index contributed by atoms with van der Waals surface area (Å²) in [6.45, 7) is 5.82. The van der Waals surface area contributed by atoms with E-state index in [9.17, 15) is 4.79 Å². The summed E-state index contributed by atoms with van der Waals surface area (Å²) in [5.74, 6) is -0.901. The molecular formula is C12H14O2. The highest BCUT2D eigenvalue weighted by atomic mass is 16.4. The van der Waals surface area contributed by atoms with Crippen LogP contribution in [0.5, 0.6) is 0 Å². The molecule has 1 rings (SSSR count). The van der Waals surface area contributed by atoms with Crippen molar-refractivity contribution >= 4 is 11.5 Å². The van der Waals surface area contributed by atoms with Crippen molar-refractivity contribution in [3.8, 4) is 0 Å². The number of carboxylic acids is 1. The molecule has 0 spiro atoms. The molecule has 0 radical (unpaired) electrons. The van der Waals surface area contributed by atoms with Gasteiger partial charge >= 0.3 is 5.97 Å². The van der Waals surface area contributed by atoms with Crippen molar-refractivity contribution in [2.75, 3.05) is 0 Å². The molecule has 2 heteroatoms. The summed E-state index contributed by atoms with van der Waals surface area (Å²) in [6, 6.07) is 6.04. The lowest BCUT2D eigenvalue weighted by atomic mass is 10.0. The van der Waals surface area contributed by atoms with E-state index in [2.05, 4.69) is 6.07 Å². The second-order valence-electron chi connectivity index (χ2n) is 3.54. The van der Waals surface area contributed by atoms with Crippen molar-refractivity contribution < 1.29 is 9.90 Å².